The van der Waals surface area contributed by atoms with E-state index < -0.39 is 5.97 Å². The van der Waals surface area contributed by atoms with E-state index in [1.165, 1.54) is 22.3 Å². The van der Waals surface area contributed by atoms with Gasteiger partial charge < -0.3 is 10.0 Å². The second-order valence-corrected chi connectivity index (χ2v) is 4.78. The molecular weight excluding hydrogens is 238 g/mol. The number of hydrogen-bond acceptors (Lipinski definition) is 3. The number of aliphatic carboxylic acids is 1. The number of rotatable bonds is 5. The van der Waals surface area contributed by atoms with Crippen LogP contribution < -0.4 is 0 Å². The number of carbonyl (C=O) groups is 2. The average Bonchev–Trinajstić information content (AvgIpc) is 2.74. The molecule has 0 radical (unpaired) electrons. The standard InChI is InChI=1S/C12H15NO3S/c1-9(2)13(8-12(15)16)11(14)6-5-10-4-3-7-17-10/h3-7,9H,8H2,1-2H3,(H,15,16)/b6-5+. The van der Waals surface area contributed by atoms with E-state index >= 15 is 0 Å². The highest BCUT2D eigenvalue weighted by molar-refractivity contribution is 7.10. The van der Waals surface area contributed by atoms with Crippen molar-refractivity contribution >= 4 is 29.3 Å². The van der Waals surface area contributed by atoms with Gasteiger partial charge >= 0.3 is 5.97 Å². The molecule has 1 N–H and O–H groups in total. The molecule has 1 heterocycles. The van der Waals surface area contributed by atoms with Crippen molar-refractivity contribution in [2.24, 2.45) is 0 Å². The van der Waals surface area contributed by atoms with E-state index in [0.717, 1.165) is 4.88 Å². The summed E-state index contributed by atoms with van der Waals surface area (Å²) >= 11 is 1.53. The van der Waals surface area contributed by atoms with Gasteiger partial charge in [-0.15, -0.1) is 11.3 Å². The van der Waals surface area contributed by atoms with Crippen LogP contribution in [0.1, 0.15) is 18.7 Å². The van der Waals surface area contributed by atoms with E-state index in [4.69, 9.17) is 5.11 Å². The van der Waals surface area contributed by atoms with Gasteiger partial charge in [0.1, 0.15) is 6.54 Å². The number of amides is 1. The SMILES string of the molecule is CC(C)N(CC(=O)O)C(=O)/C=C/c1cccs1. The van der Waals surface area contributed by atoms with Crippen molar-refractivity contribution in [1.82, 2.24) is 4.90 Å². The summed E-state index contributed by atoms with van der Waals surface area (Å²) in [4.78, 5) is 24.7. The van der Waals surface area contributed by atoms with Crippen LogP contribution in [0.3, 0.4) is 0 Å². The molecule has 0 spiro atoms. The molecule has 0 aromatic carbocycles. The van der Waals surface area contributed by atoms with Gasteiger partial charge in [0.2, 0.25) is 5.91 Å². The molecule has 0 bridgehead atoms. The Bertz CT molecular complexity index is 409. The Labute approximate surface area is 104 Å². The van der Waals surface area contributed by atoms with E-state index in [-0.39, 0.29) is 18.5 Å². The Morgan fingerprint density at radius 1 is 1.53 bits per heavy atom. The number of nitrogens with zero attached hydrogens (tertiary/aromatic N) is 1. The molecule has 0 saturated heterocycles. The third-order valence-corrected chi connectivity index (χ3v) is 2.98. The summed E-state index contributed by atoms with van der Waals surface area (Å²) in [6.45, 7) is 3.31. The third-order valence-electron chi connectivity index (χ3n) is 2.15. The second kappa shape index (κ2) is 6.20. The van der Waals surface area contributed by atoms with E-state index in [9.17, 15) is 9.59 Å². The van der Waals surface area contributed by atoms with E-state index in [1.807, 2.05) is 17.5 Å². The Balaban J connectivity index is 2.68. The molecule has 1 aromatic rings. The molecule has 1 rings (SSSR count). The molecule has 4 nitrogen and oxygen atoms in total. The van der Waals surface area contributed by atoms with E-state index in [1.54, 1.807) is 19.9 Å². The molecule has 0 saturated carbocycles. The largest absolute Gasteiger partial charge is 0.480 e. The van der Waals surface area contributed by atoms with Crippen molar-refractivity contribution in [3.05, 3.63) is 28.5 Å². The van der Waals surface area contributed by atoms with Crippen LogP contribution in [0, 0.1) is 0 Å². The summed E-state index contributed by atoms with van der Waals surface area (Å²) in [5.41, 5.74) is 0. The molecule has 5 heteroatoms. The molecule has 0 aliphatic heterocycles. The molecule has 0 atom stereocenters. The average molecular weight is 253 g/mol. The number of hydrogen-bond donors (Lipinski definition) is 1. The fourth-order valence-corrected chi connectivity index (χ4v) is 1.91. The van der Waals surface area contributed by atoms with Gasteiger partial charge in [0.05, 0.1) is 0 Å². The normalized spacial score (nSPS) is 11.0. The highest BCUT2D eigenvalue weighted by Crippen LogP contribution is 2.11. The number of thiophene rings is 1. The summed E-state index contributed by atoms with van der Waals surface area (Å²) in [5.74, 6) is -1.28. The van der Waals surface area contributed by atoms with Crippen LogP contribution >= 0.6 is 11.3 Å². The predicted octanol–water partition coefficient (Wildman–Crippen LogP) is 2.08. The van der Waals surface area contributed by atoms with Crippen molar-refractivity contribution in [3.8, 4) is 0 Å². The number of carboxylic acids is 1. The number of carbonyl (C=O) groups excluding carboxylic acids is 1. The first-order valence-electron chi connectivity index (χ1n) is 5.24. The fraction of sp³-hybridized carbons (Fsp3) is 0.333. The Morgan fingerprint density at radius 2 is 2.24 bits per heavy atom. The first kappa shape index (κ1) is 13.4. The maximum atomic E-state index is 11.8. The molecule has 1 aromatic heterocycles. The Morgan fingerprint density at radius 3 is 2.71 bits per heavy atom. The van der Waals surface area contributed by atoms with Gasteiger partial charge in [-0.1, -0.05) is 6.07 Å². The molecule has 0 unspecified atom stereocenters. The lowest BCUT2D eigenvalue weighted by Crippen LogP contribution is -2.39. The van der Waals surface area contributed by atoms with Gasteiger partial charge in [-0.05, 0) is 31.4 Å². The van der Waals surface area contributed by atoms with Gasteiger partial charge in [0.25, 0.3) is 0 Å². The summed E-state index contributed by atoms with van der Waals surface area (Å²) in [5, 5.41) is 10.6. The second-order valence-electron chi connectivity index (χ2n) is 3.80. The van der Waals surface area contributed by atoms with Crippen LogP contribution in [-0.4, -0.2) is 34.5 Å². The highest BCUT2D eigenvalue weighted by atomic mass is 32.1. The first-order valence-corrected chi connectivity index (χ1v) is 6.12. The highest BCUT2D eigenvalue weighted by Gasteiger charge is 2.17. The van der Waals surface area contributed by atoms with Crippen LogP contribution in [0.5, 0.6) is 0 Å². The van der Waals surface area contributed by atoms with Crippen LogP contribution in [-0.2, 0) is 9.59 Å². The quantitative estimate of drug-likeness (QED) is 0.817. The lowest BCUT2D eigenvalue weighted by Gasteiger charge is -2.23. The van der Waals surface area contributed by atoms with Crippen LogP contribution in [0.25, 0.3) is 6.08 Å². The third kappa shape index (κ3) is 4.40. The molecule has 92 valence electrons. The van der Waals surface area contributed by atoms with Gasteiger partial charge in [0.15, 0.2) is 0 Å². The lowest BCUT2D eigenvalue weighted by molar-refractivity contribution is -0.143. The van der Waals surface area contributed by atoms with Crippen molar-refractivity contribution in [2.45, 2.75) is 19.9 Å². The minimum Gasteiger partial charge on any atom is -0.480 e. The maximum Gasteiger partial charge on any atom is 0.323 e. The molecule has 0 aliphatic rings. The molecular formula is C12H15NO3S. The zero-order chi connectivity index (χ0) is 12.8. The van der Waals surface area contributed by atoms with Crippen molar-refractivity contribution in [3.63, 3.8) is 0 Å². The molecule has 1 amide bonds. The van der Waals surface area contributed by atoms with Gasteiger partial charge in [-0.3, -0.25) is 9.59 Å². The summed E-state index contributed by atoms with van der Waals surface area (Å²) in [6.07, 6.45) is 3.11. The molecule has 0 fully saturated rings. The van der Waals surface area contributed by atoms with E-state index in [0.29, 0.717) is 0 Å². The van der Waals surface area contributed by atoms with Gasteiger partial charge in [0, 0.05) is 17.0 Å². The van der Waals surface area contributed by atoms with Crippen molar-refractivity contribution < 1.29 is 14.7 Å². The lowest BCUT2D eigenvalue weighted by atomic mass is 10.3. The minimum absolute atomic E-state index is 0.133. The van der Waals surface area contributed by atoms with Crippen LogP contribution in [0.4, 0.5) is 0 Å². The fourth-order valence-electron chi connectivity index (χ4n) is 1.30. The van der Waals surface area contributed by atoms with Gasteiger partial charge in [-0.25, -0.2) is 0 Å². The Kier molecular flexibility index (Phi) is 4.90. The Hall–Kier alpha value is -1.62. The zero-order valence-electron chi connectivity index (χ0n) is 9.79. The van der Waals surface area contributed by atoms with Crippen molar-refractivity contribution in [1.29, 1.82) is 0 Å². The number of carboxylic acid groups (broad SMARTS) is 1. The van der Waals surface area contributed by atoms with E-state index in [2.05, 4.69) is 0 Å². The van der Waals surface area contributed by atoms with Gasteiger partial charge in [-0.2, -0.15) is 0 Å². The van der Waals surface area contributed by atoms with Crippen molar-refractivity contribution in [2.75, 3.05) is 6.54 Å². The topological polar surface area (TPSA) is 57.6 Å². The maximum absolute atomic E-state index is 11.8. The summed E-state index contributed by atoms with van der Waals surface area (Å²) in [7, 11) is 0. The van der Waals surface area contributed by atoms with Crippen LogP contribution in [0.15, 0.2) is 23.6 Å². The molecule has 17 heavy (non-hydrogen) atoms. The summed E-state index contributed by atoms with van der Waals surface area (Å²) in [6, 6.07) is 3.66. The first-order chi connectivity index (χ1) is 8.00. The summed E-state index contributed by atoms with van der Waals surface area (Å²) < 4.78 is 0. The van der Waals surface area contributed by atoms with Crippen LogP contribution in [0.2, 0.25) is 0 Å². The molecule has 0 aliphatic carbocycles. The monoisotopic (exact) mass is 253 g/mol. The zero-order valence-corrected chi connectivity index (χ0v) is 10.6. The minimum atomic E-state index is -1.00. The predicted molar refractivity (Wildman–Crippen MR) is 67.8 cm³/mol. The smallest absolute Gasteiger partial charge is 0.323 e.